The third kappa shape index (κ3) is 2.30. The molecular weight excluding hydrogens is 254 g/mol. The number of hydrogen-bond acceptors (Lipinski definition) is 3. The first-order chi connectivity index (χ1) is 9.63. The molecule has 0 bridgehead atoms. The lowest BCUT2D eigenvalue weighted by atomic mass is 10.2. The number of aryl methyl sites for hydroxylation is 1. The van der Waals surface area contributed by atoms with E-state index >= 15 is 0 Å². The maximum Gasteiger partial charge on any atom is 0.254 e. The van der Waals surface area contributed by atoms with Crippen molar-refractivity contribution in [3.05, 3.63) is 53.7 Å². The van der Waals surface area contributed by atoms with Crippen LogP contribution in [0.4, 0.5) is 0 Å². The Morgan fingerprint density at radius 3 is 2.95 bits per heavy atom. The number of amides is 1. The largest absolute Gasteiger partial charge is 0.464 e. The first kappa shape index (κ1) is 12.5. The minimum Gasteiger partial charge on any atom is -0.464 e. The Morgan fingerprint density at radius 2 is 2.20 bits per heavy atom. The standard InChI is InChI=1S/C15H15N3O2/c1-10-3-5-12(20-10)8-18(2)15(19)11-4-6-13-14(7-11)17-9-16-13/h3-7,9H,8H2,1-2H3,(H,16,17). The number of nitrogens with one attached hydrogen (secondary N) is 1. The minimum absolute atomic E-state index is 0.0458. The average Bonchev–Trinajstić information content (AvgIpc) is 3.05. The molecule has 1 N–H and O–H groups in total. The summed E-state index contributed by atoms with van der Waals surface area (Å²) in [7, 11) is 1.76. The predicted octanol–water partition coefficient (Wildman–Crippen LogP) is 2.74. The average molecular weight is 269 g/mol. The number of nitrogens with zero attached hydrogens (tertiary/aromatic N) is 2. The van der Waals surface area contributed by atoms with Gasteiger partial charge < -0.3 is 14.3 Å². The van der Waals surface area contributed by atoms with E-state index in [0.29, 0.717) is 12.1 Å². The van der Waals surface area contributed by atoms with Crippen LogP contribution in [-0.2, 0) is 6.54 Å². The van der Waals surface area contributed by atoms with E-state index in [2.05, 4.69) is 9.97 Å². The summed E-state index contributed by atoms with van der Waals surface area (Å²) in [5, 5.41) is 0. The number of carbonyl (C=O) groups is 1. The molecule has 0 saturated heterocycles. The second kappa shape index (κ2) is 4.85. The monoisotopic (exact) mass is 269 g/mol. The van der Waals surface area contributed by atoms with Crippen LogP contribution in [0.25, 0.3) is 11.0 Å². The fourth-order valence-corrected chi connectivity index (χ4v) is 2.16. The minimum atomic E-state index is -0.0458. The number of H-pyrrole nitrogens is 1. The van der Waals surface area contributed by atoms with E-state index in [1.807, 2.05) is 31.2 Å². The maximum absolute atomic E-state index is 12.4. The summed E-state index contributed by atoms with van der Waals surface area (Å²) < 4.78 is 5.49. The number of aromatic amines is 1. The second-order valence-electron chi connectivity index (χ2n) is 4.81. The number of imidazole rings is 1. The van der Waals surface area contributed by atoms with Gasteiger partial charge in [-0.05, 0) is 37.3 Å². The molecule has 5 heteroatoms. The highest BCUT2D eigenvalue weighted by Gasteiger charge is 2.14. The molecule has 1 amide bonds. The van der Waals surface area contributed by atoms with Gasteiger partial charge in [-0.25, -0.2) is 4.98 Å². The molecule has 0 aliphatic carbocycles. The van der Waals surface area contributed by atoms with Gasteiger partial charge in [0.2, 0.25) is 0 Å². The van der Waals surface area contributed by atoms with E-state index in [4.69, 9.17) is 4.42 Å². The molecule has 0 aliphatic heterocycles. The summed E-state index contributed by atoms with van der Waals surface area (Å²) in [4.78, 5) is 21.2. The van der Waals surface area contributed by atoms with Gasteiger partial charge in [0.1, 0.15) is 11.5 Å². The molecule has 5 nitrogen and oxygen atoms in total. The van der Waals surface area contributed by atoms with Crippen LogP contribution in [0.3, 0.4) is 0 Å². The molecule has 0 aliphatic rings. The fourth-order valence-electron chi connectivity index (χ4n) is 2.16. The Hall–Kier alpha value is -2.56. The van der Waals surface area contributed by atoms with Crippen LogP contribution in [0.5, 0.6) is 0 Å². The second-order valence-corrected chi connectivity index (χ2v) is 4.81. The van der Waals surface area contributed by atoms with Gasteiger partial charge in [0.25, 0.3) is 5.91 Å². The first-order valence-corrected chi connectivity index (χ1v) is 6.37. The number of hydrogen-bond donors (Lipinski definition) is 1. The number of rotatable bonds is 3. The van der Waals surface area contributed by atoms with Crippen molar-refractivity contribution in [2.75, 3.05) is 7.05 Å². The van der Waals surface area contributed by atoms with Gasteiger partial charge in [-0.1, -0.05) is 0 Å². The van der Waals surface area contributed by atoms with E-state index in [9.17, 15) is 4.79 Å². The topological polar surface area (TPSA) is 62.1 Å². The summed E-state index contributed by atoms with van der Waals surface area (Å²) in [5.74, 6) is 1.58. The molecule has 3 aromatic rings. The summed E-state index contributed by atoms with van der Waals surface area (Å²) in [6.07, 6.45) is 1.62. The zero-order valence-corrected chi connectivity index (χ0v) is 11.4. The molecule has 2 heterocycles. The molecule has 0 atom stereocenters. The van der Waals surface area contributed by atoms with Gasteiger partial charge in [0, 0.05) is 12.6 Å². The number of aromatic nitrogens is 2. The van der Waals surface area contributed by atoms with Crippen LogP contribution in [0.2, 0.25) is 0 Å². The smallest absolute Gasteiger partial charge is 0.254 e. The molecule has 3 rings (SSSR count). The van der Waals surface area contributed by atoms with Crippen LogP contribution in [0, 0.1) is 6.92 Å². The predicted molar refractivity (Wildman–Crippen MR) is 75.3 cm³/mol. The van der Waals surface area contributed by atoms with Gasteiger partial charge in [0.05, 0.1) is 23.9 Å². The highest BCUT2D eigenvalue weighted by Crippen LogP contribution is 2.15. The molecule has 2 aromatic heterocycles. The summed E-state index contributed by atoms with van der Waals surface area (Å²) >= 11 is 0. The van der Waals surface area contributed by atoms with E-state index in [0.717, 1.165) is 22.6 Å². The van der Waals surface area contributed by atoms with Crippen molar-refractivity contribution in [2.45, 2.75) is 13.5 Å². The van der Waals surface area contributed by atoms with Gasteiger partial charge in [0.15, 0.2) is 0 Å². The molecule has 0 unspecified atom stereocenters. The highest BCUT2D eigenvalue weighted by molar-refractivity contribution is 5.97. The van der Waals surface area contributed by atoms with Crippen molar-refractivity contribution in [1.29, 1.82) is 0 Å². The van der Waals surface area contributed by atoms with Crippen molar-refractivity contribution in [3.8, 4) is 0 Å². The van der Waals surface area contributed by atoms with E-state index < -0.39 is 0 Å². The Balaban J connectivity index is 1.80. The summed E-state index contributed by atoms with van der Waals surface area (Å²) in [6.45, 7) is 2.34. The Morgan fingerprint density at radius 1 is 1.35 bits per heavy atom. The third-order valence-corrected chi connectivity index (χ3v) is 3.20. The van der Waals surface area contributed by atoms with Gasteiger partial charge in [-0.3, -0.25) is 4.79 Å². The van der Waals surface area contributed by atoms with Gasteiger partial charge in [-0.15, -0.1) is 0 Å². The van der Waals surface area contributed by atoms with Crippen molar-refractivity contribution < 1.29 is 9.21 Å². The third-order valence-electron chi connectivity index (χ3n) is 3.20. The van der Waals surface area contributed by atoms with Crippen LogP contribution in [-0.4, -0.2) is 27.8 Å². The highest BCUT2D eigenvalue weighted by atomic mass is 16.3. The molecule has 0 saturated carbocycles. The van der Waals surface area contributed by atoms with Crippen LogP contribution in [0.1, 0.15) is 21.9 Å². The lowest BCUT2D eigenvalue weighted by Crippen LogP contribution is -2.25. The Labute approximate surface area is 116 Å². The van der Waals surface area contributed by atoms with Gasteiger partial charge in [-0.2, -0.15) is 0 Å². The number of fused-ring (bicyclic) bond motifs is 1. The van der Waals surface area contributed by atoms with Crippen LogP contribution in [0.15, 0.2) is 41.1 Å². The van der Waals surface area contributed by atoms with Crippen LogP contribution >= 0.6 is 0 Å². The molecule has 0 fully saturated rings. The first-order valence-electron chi connectivity index (χ1n) is 6.37. The maximum atomic E-state index is 12.4. The van der Waals surface area contributed by atoms with E-state index in [1.54, 1.807) is 24.3 Å². The molecular formula is C15H15N3O2. The molecule has 1 aromatic carbocycles. The zero-order valence-electron chi connectivity index (χ0n) is 11.4. The number of carbonyl (C=O) groups excluding carboxylic acids is 1. The lowest BCUT2D eigenvalue weighted by Gasteiger charge is -2.15. The number of benzene rings is 1. The SMILES string of the molecule is Cc1ccc(CN(C)C(=O)c2ccc3nc[nH]c3c2)o1. The van der Waals surface area contributed by atoms with Crippen molar-refractivity contribution in [1.82, 2.24) is 14.9 Å². The van der Waals surface area contributed by atoms with Crippen LogP contribution < -0.4 is 0 Å². The Kier molecular flexibility index (Phi) is 3.02. The molecule has 0 radical (unpaired) electrons. The van der Waals surface area contributed by atoms with Crippen molar-refractivity contribution >= 4 is 16.9 Å². The summed E-state index contributed by atoms with van der Waals surface area (Å²) in [5.41, 5.74) is 2.34. The van der Waals surface area contributed by atoms with Crippen molar-refractivity contribution in [2.24, 2.45) is 0 Å². The molecule has 102 valence electrons. The van der Waals surface area contributed by atoms with E-state index in [1.165, 1.54) is 0 Å². The van der Waals surface area contributed by atoms with Gasteiger partial charge >= 0.3 is 0 Å². The van der Waals surface area contributed by atoms with E-state index in [-0.39, 0.29) is 5.91 Å². The lowest BCUT2D eigenvalue weighted by molar-refractivity contribution is 0.0775. The molecule has 20 heavy (non-hydrogen) atoms. The number of furan rings is 1. The van der Waals surface area contributed by atoms with Crippen molar-refractivity contribution in [3.63, 3.8) is 0 Å². The molecule has 0 spiro atoms. The normalized spacial score (nSPS) is 10.9. The summed E-state index contributed by atoms with van der Waals surface area (Å²) in [6, 6.07) is 9.22. The fraction of sp³-hybridized carbons (Fsp3) is 0.200. The quantitative estimate of drug-likeness (QED) is 0.795. The zero-order chi connectivity index (χ0) is 14.1. The Bertz CT molecular complexity index is 757.